The van der Waals surface area contributed by atoms with Crippen LogP contribution in [0.25, 0.3) is 0 Å². The second-order valence-corrected chi connectivity index (χ2v) is 7.38. The zero-order chi connectivity index (χ0) is 20.5. The lowest BCUT2D eigenvalue weighted by Gasteiger charge is -2.43. The standard InChI is InChI=1S/C19H22F3N3O3/c1-12-15(24-11-27-12)8-23-17(26)25-9-16(28-18(2,3)10-25)13-5-4-6-14(7-13)19(20,21)22/h4-7,11,16H,8-10H2,1-3H3,(H,23,26). The molecular weight excluding hydrogens is 375 g/mol. The van der Waals surface area contributed by atoms with Crippen molar-refractivity contribution in [3.63, 3.8) is 0 Å². The van der Waals surface area contributed by atoms with Crippen LogP contribution in [-0.4, -0.2) is 34.6 Å². The first-order valence-electron chi connectivity index (χ1n) is 8.82. The third-order valence-electron chi connectivity index (χ3n) is 4.54. The van der Waals surface area contributed by atoms with Crippen molar-refractivity contribution in [2.24, 2.45) is 0 Å². The Kier molecular flexibility index (Phi) is 5.38. The topological polar surface area (TPSA) is 67.6 Å². The van der Waals surface area contributed by atoms with Gasteiger partial charge < -0.3 is 19.4 Å². The van der Waals surface area contributed by atoms with Crippen LogP contribution in [0, 0.1) is 6.92 Å². The SMILES string of the molecule is Cc1ocnc1CNC(=O)N1CC(c2cccc(C(F)(F)F)c2)OC(C)(C)C1. The molecule has 1 unspecified atom stereocenters. The van der Waals surface area contributed by atoms with Crippen LogP contribution in [0.1, 0.15) is 42.5 Å². The van der Waals surface area contributed by atoms with Crippen molar-refractivity contribution in [3.8, 4) is 0 Å². The molecule has 0 bridgehead atoms. The van der Waals surface area contributed by atoms with Crippen molar-refractivity contribution in [2.45, 2.75) is 45.2 Å². The minimum absolute atomic E-state index is 0.147. The largest absolute Gasteiger partial charge is 0.448 e. The number of aromatic nitrogens is 1. The van der Waals surface area contributed by atoms with E-state index in [-0.39, 0.29) is 19.1 Å². The number of aryl methyl sites for hydroxylation is 1. The molecule has 0 spiro atoms. The quantitative estimate of drug-likeness (QED) is 0.848. The average molecular weight is 397 g/mol. The first-order chi connectivity index (χ1) is 13.0. The molecule has 1 aliphatic heterocycles. The second-order valence-electron chi connectivity index (χ2n) is 7.38. The van der Waals surface area contributed by atoms with Gasteiger partial charge in [0.15, 0.2) is 6.39 Å². The fraction of sp³-hybridized carbons (Fsp3) is 0.474. The number of nitrogens with zero attached hydrogens (tertiary/aromatic N) is 2. The van der Waals surface area contributed by atoms with E-state index in [1.54, 1.807) is 31.7 Å². The number of benzene rings is 1. The van der Waals surface area contributed by atoms with Crippen LogP contribution >= 0.6 is 0 Å². The molecule has 1 aliphatic rings. The number of carbonyl (C=O) groups excluding carboxylic acids is 1. The Morgan fingerprint density at radius 1 is 1.39 bits per heavy atom. The Labute approximate surface area is 160 Å². The maximum atomic E-state index is 13.0. The first-order valence-corrected chi connectivity index (χ1v) is 8.82. The van der Waals surface area contributed by atoms with E-state index in [2.05, 4.69) is 10.3 Å². The number of morpholine rings is 1. The zero-order valence-corrected chi connectivity index (χ0v) is 15.8. The molecule has 1 fully saturated rings. The van der Waals surface area contributed by atoms with Gasteiger partial charge >= 0.3 is 12.2 Å². The van der Waals surface area contributed by atoms with E-state index in [9.17, 15) is 18.0 Å². The molecule has 1 aromatic heterocycles. The molecule has 28 heavy (non-hydrogen) atoms. The molecular formula is C19H22F3N3O3. The number of halogens is 3. The lowest BCUT2D eigenvalue weighted by atomic mass is 10.00. The van der Waals surface area contributed by atoms with Crippen LogP contribution in [0.5, 0.6) is 0 Å². The van der Waals surface area contributed by atoms with Gasteiger partial charge in [-0.05, 0) is 38.5 Å². The number of hydrogen-bond acceptors (Lipinski definition) is 4. The number of oxazole rings is 1. The number of amides is 2. The van der Waals surface area contributed by atoms with Gasteiger partial charge in [0.25, 0.3) is 0 Å². The van der Waals surface area contributed by atoms with Crippen molar-refractivity contribution in [1.29, 1.82) is 0 Å². The molecule has 1 saturated heterocycles. The van der Waals surface area contributed by atoms with Gasteiger partial charge in [-0.2, -0.15) is 13.2 Å². The van der Waals surface area contributed by atoms with Crippen LogP contribution < -0.4 is 5.32 Å². The molecule has 0 radical (unpaired) electrons. The third-order valence-corrected chi connectivity index (χ3v) is 4.54. The van der Waals surface area contributed by atoms with Crippen molar-refractivity contribution in [2.75, 3.05) is 13.1 Å². The molecule has 2 aromatic rings. The molecule has 1 N–H and O–H groups in total. The lowest BCUT2D eigenvalue weighted by molar-refractivity contribution is -0.138. The number of ether oxygens (including phenoxy) is 1. The fourth-order valence-electron chi connectivity index (χ4n) is 3.20. The zero-order valence-electron chi connectivity index (χ0n) is 15.8. The molecule has 0 aliphatic carbocycles. The summed E-state index contributed by atoms with van der Waals surface area (Å²) >= 11 is 0. The normalized spacial score (nSPS) is 19.5. The predicted molar refractivity (Wildman–Crippen MR) is 94.4 cm³/mol. The third kappa shape index (κ3) is 4.64. The molecule has 2 heterocycles. The molecule has 6 nitrogen and oxygen atoms in total. The summed E-state index contributed by atoms with van der Waals surface area (Å²) in [5.74, 6) is 0.615. The number of hydrogen-bond donors (Lipinski definition) is 1. The van der Waals surface area contributed by atoms with Gasteiger partial charge in [-0.25, -0.2) is 9.78 Å². The molecule has 3 rings (SSSR count). The van der Waals surface area contributed by atoms with Gasteiger partial charge in [0.05, 0.1) is 30.8 Å². The summed E-state index contributed by atoms with van der Waals surface area (Å²) in [4.78, 5) is 18.2. The van der Waals surface area contributed by atoms with Gasteiger partial charge in [-0.15, -0.1) is 0 Å². The Hall–Kier alpha value is -2.55. The summed E-state index contributed by atoms with van der Waals surface area (Å²) in [5.41, 5.74) is -0.448. The summed E-state index contributed by atoms with van der Waals surface area (Å²) in [6.45, 7) is 6.01. The maximum absolute atomic E-state index is 13.0. The highest BCUT2D eigenvalue weighted by molar-refractivity contribution is 5.74. The average Bonchev–Trinajstić information content (AvgIpc) is 3.02. The monoisotopic (exact) mass is 397 g/mol. The van der Waals surface area contributed by atoms with Crippen LogP contribution in [-0.2, 0) is 17.5 Å². The summed E-state index contributed by atoms with van der Waals surface area (Å²) in [7, 11) is 0. The molecule has 152 valence electrons. The minimum atomic E-state index is -4.44. The fourth-order valence-corrected chi connectivity index (χ4v) is 3.20. The van der Waals surface area contributed by atoms with E-state index < -0.39 is 23.4 Å². The first kappa shape index (κ1) is 20.2. The molecule has 9 heteroatoms. The Balaban J connectivity index is 1.74. The number of alkyl halides is 3. The Bertz CT molecular complexity index is 848. The van der Waals surface area contributed by atoms with Crippen molar-refractivity contribution >= 4 is 6.03 Å². The van der Waals surface area contributed by atoms with Gasteiger partial charge in [0.1, 0.15) is 17.6 Å². The van der Waals surface area contributed by atoms with Gasteiger partial charge in [0, 0.05) is 0 Å². The smallest absolute Gasteiger partial charge is 0.416 e. The van der Waals surface area contributed by atoms with Gasteiger partial charge in [0.2, 0.25) is 0 Å². The molecule has 2 amide bonds. The highest BCUT2D eigenvalue weighted by Gasteiger charge is 2.37. The number of carbonyl (C=O) groups is 1. The number of nitrogens with one attached hydrogen (secondary N) is 1. The maximum Gasteiger partial charge on any atom is 0.416 e. The highest BCUT2D eigenvalue weighted by Crippen LogP contribution is 2.35. The van der Waals surface area contributed by atoms with Crippen LogP contribution in [0.2, 0.25) is 0 Å². The van der Waals surface area contributed by atoms with E-state index in [0.29, 0.717) is 23.6 Å². The number of rotatable bonds is 3. The van der Waals surface area contributed by atoms with Crippen molar-refractivity contribution in [1.82, 2.24) is 15.2 Å². The van der Waals surface area contributed by atoms with Gasteiger partial charge in [-0.1, -0.05) is 12.1 Å². The molecule has 0 saturated carbocycles. The summed E-state index contributed by atoms with van der Waals surface area (Å²) in [5, 5.41) is 2.77. The van der Waals surface area contributed by atoms with Crippen LogP contribution in [0.3, 0.4) is 0 Å². The van der Waals surface area contributed by atoms with Gasteiger partial charge in [-0.3, -0.25) is 0 Å². The van der Waals surface area contributed by atoms with E-state index in [1.165, 1.54) is 12.5 Å². The molecule has 1 atom stereocenters. The van der Waals surface area contributed by atoms with Crippen LogP contribution in [0.4, 0.5) is 18.0 Å². The van der Waals surface area contributed by atoms with E-state index in [1.807, 2.05) is 0 Å². The van der Waals surface area contributed by atoms with Crippen LogP contribution in [0.15, 0.2) is 35.1 Å². The summed E-state index contributed by atoms with van der Waals surface area (Å²) in [6, 6.07) is 4.68. The van der Waals surface area contributed by atoms with E-state index in [0.717, 1.165) is 12.1 Å². The lowest BCUT2D eigenvalue weighted by Crippen LogP contribution is -2.54. The minimum Gasteiger partial charge on any atom is -0.448 e. The number of urea groups is 1. The van der Waals surface area contributed by atoms with E-state index >= 15 is 0 Å². The van der Waals surface area contributed by atoms with Crippen molar-refractivity contribution in [3.05, 3.63) is 53.2 Å². The second kappa shape index (κ2) is 7.46. The van der Waals surface area contributed by atoms with E-state index in [4.69, 9.17) is 9.15 Å². The molecule has 1 aromatic carbocycles. The predicted octanol–water partition coefficient (Wildman–Crippen LogP) is 4.06. The van der Waals surface area contributed by atoms with Crippen molar-refractivity contribution < 1.29 is 27.1 Å². The Morgan fingerprint density at radius 2 is 2.14 bits per heavy atom. The summed E-state index contributed by atoms with van der Waals surface area (Å²) in [6.07, 6.45) is -3.80. The highest BCUT2D eigenvalue weighted by atomic mass is 19.4. The Morgan fingerprint density at radius 3 is 2.79 bits per heavy atom. The summed E-state index contributed by atoms with van der Waals surface area (Å²) < 4.78 is 50.2.